The number of aromatic nitrogens is 1. The normalized spacial score (nSPS) is 14.3. The van der Waals surface area contributed by atoms with Crippen LogP contribution in [0.1, 0.15) is 81.7 Å². The van der Waals surface area contributed by atoms with Crippen LogP contribution in [0.15, 0.2) is 35.7 Å². The lowest BCUT2D eigenvalue weighted by molar-refractivity contribution is 0.0430. The minimum Gasteiger partial charge on any atom is -0.461 e. The second kappa shape index (κ2) is 11.0. The van der Waals surface area contributed by atoms with E-state index >= 15 is 0 Å². The van der Waals surface area contributed by atoms with Gasteiger partial charge in [-0.05, 0) is 51.4 Å². The molecule has 0 aliphatic carbocycles. The van der Waals surface area contributed by atoms with E-state index in [0.717, 1.165) is 5.56 Å². The molecular formula is C25H38N2O5SSi. The molecule has 0 radical (unpaired) electrons. The summed E-state index contributed by atoms with van der Waals surface area (Å²) >= 11 is 1.28. The number of hydrogen-bond donors (Lipinski definition) is 1. The zero-order valence-corrected chi connectivity index (χ0v) is 23.5. The van der Waals surface area contributed by atoms with Gasteiger partial charge in [-0.1, -0.05) is 51.1 Å². The topological polar surface area (TPSA) is 86.8 Å². The van der Waals surface area contributed by atoms with Crippen LogP contribution in [0, 0.1) is 0 Å². The number of benzene rings is 1. The molecule has 2 aromatic rings. The van der Waals surface area contributed by atoms with Crippen LogP contribution in [0.5, 0.6) is 0 Å². The van der Waals surface area contributed by atoms with Gasteiger partial charge in [0.2, 0.25) is 0 Å². The number of esters is 1. The molecular weight excluding hydrogens is 468 g/mol. The molecule has 1 amide bonds. The molecule has 1 N–H and O–H groups in total. The largest absolute Gasteiger partial charge is 0.461 e. The first-order chi connectivity index (χ1) is 15.6. The number of ether oxygens (including phenoxy) is 2. The molecule has 0 saturated heterocycles. The minimum absolute atomic E-state index is 0.0601. The maximum absolute atomic E-state index is 12.9. The van der Waals surface area contributed by atoms with Crippen molar-refractivity contribution in [1.29, 1.82) is 0 Å². The van der Waals surface area contributed by atoms with Gasteiger partial charge in [0.1, 0.15) is 16.7 Å². The highest BCUT2D eigenvalue weighted by Crippen LogP contribution is 2.43. The number of nitrogens with zero attached hydrogens (tertiary/aromatic N) is 1. The van der Waals surface area contributed by atoms with Gasteiger partial charge in [-0.25, -0.2) is 14.6 Å². The molecule has 188 valence electrons. The Morgan fingerprint density at radius 2 is 1.71 bits per heavy atom. The third kappa shape index (κ3) is 7.64. The van der Waals surface area contributed by atoms with Gasteiger partial charge in [-0.2, -0.15) is 0 Å². The van der Waals surface area contributed by atoms with Crippen molar-refractivity contribution in [1.82, 2.24) is 10.3 Å². The maximum atomic E-state index is 12.9. The molecule has 1 aromatic carbocycles. The molecule has 0 aliphatic heterocycles. The fourth-order valence-electron chi connectivity index (χ4n) is 2.90. The second-order valence-electron chi connectivity index (χ2n) is 10.6. The molecule has 0 saturated carbocycles. The number of amides is 1. The summed E-state index contributed by atoms with van der Waals surface area (Å²) in [5.74, 6) is -0.498. The van der Waals surface area contributed by atoms with E-state index in [1.54, 1.807) is 12.3 Å². The number of rotatable bonds is 8. The van der Waals surface area contributed by atoms with Crippen molar-refractivity contribution in [2.75, 3.05) is 6.61 Å². The lowest BCUT2D eigenvalue weighted by Gasteiger charge is -2.41. The van der Waals surface area contributed by atoms with Crippen LogP contribution in [0.25, 0.3) is 0 Å². The third-order valence-electron chi connectivity index (χ3n) is 5.60. The van der Waals surface area contributed by atoms with Gasteiger partial charge in [0.25, 0.3) is 0 Å². The molecule has 9 heteroatoms. The Kier molecular flexibility index (Phi) is 9.07. The van der Waals surface area contributed by atoms with Gasteiger partial charge in [0.05, 0.1) is 12.7 Å². The van der Waals surface area contributed by atoms with Gasteiger partial charge in [0.15, 0.2) is 14.0 Å². The van der Waals surface area contributed by atoms with Gasteiger partial charge < -0.3 is 19.2 Å². The van der Waals surface area contributed by atoms with E-state index in [1.165, 1.54) is 11.3 Å². The molecule has 7 nitrogen and oxygen atoms in total. The predicted octanol–water partition coefficient (Wildman–Crippen LogP) is 6.65. The summed E-state index contributed by atoms with van der Waals surface area (Å²) in [6.07, 6.45) is -1.11. The van der Waals surface area contributed by atoms with Gasteiger partial charge in [-0.3, -0.25) is 0 Å². The molecule has 2 atom stereocenters. The van der Waals surface area contributed by atoms with Crippen molar-refractivity contribution in [3.05, 3.63) is 52.0 Å². The summed E-state index contributed by atoms with van der Waals surface area (Å²) in [6, 6.07) is 9.09. The number of carbonyl (C=O) groups is 2. The van der Waals surface area contributed by atoms with E-state index in [1.807, 2.05) is 51.1 Å². The van der Waals surface area contributed by atoms with E-state index in [2.05, 4.69) is 44.2 Å². The Hall–Kier alpha value is -2.23. The Labute approximate surface area is 208 Å². The van der Waals surface area contributed by atoms with E-state index in [4.69, 9.17) is 13.9 Å². The smallest absolute Gasteiger partial charge is 0.408 e. The molecule has 0 spiro atoms. The average Bonchev–Trinajstić information content (AvgIpc) is 3.19. The van der Waals surface area contributed by atoms with Gasteiger partial charge >= 0.3 is 12.1 Å². The summed E-state index contributed by atoms with van der Waals surface area (Å²) in [5.41, 5.74) is 0.439. The predicted molar refractivity (Wildman–Crippen MR) is 138 cm³/mol. The maximum Gasteiger partial charge on any atom is 0.408 e. The van der Waals surface area contributed by atoms with E-state index < -0.39 is 38.1 Å². The Balaban J connectivity index is 2.56. The molecule has 0 aliphatic rings. The standard InChI is InChI=1S/C25H38N2O5SSi/c1-10-30-22(28)18-16-33-21(26-18)19(27-23(29)31-24(2,3)4)20(17-14-12-11-13-15-17)32-34(8,9)25(5,6)7/h11-16,19-20H,10H2,1-9H3,(H,27,29)/t19-,20+/m0/s1. The zero-order chi connectivity index (χ0) is 25.7. The number of alkyl carbamates (subject to hydrolysis) is 1. The Morgan fingerprint density at radius 1 is 1.09 bits per heavy atom. The minimum atomic E-state index is -2.28. The van der Waals surface area contributed by atoms with Gasteiger partial charge in [-0.15, -0.1) is 11.3 Å². The van der Waals surface area contributed by atoms with E-state index in [-0.39, 0.29) is 17.3 Å². The van der Waals surface area contributed by atoms with Crippen molar-refractivity contribution in [3.63, 3.8) is 0 Å². The highest BCUT2D eigenvalue weighted by Gasteiger charge is 2.43. The SMILES string of the molecule is CCOC(=O)c1csc([C@@H](NC(=O)OC(C)(C)C)[C@H](O[Si](C)(C)C(C)(C)C)c2ccccc2)n1. The summed E-state index contributed by atoms with van der Waals surface area (Å²) in [7, 11) is -2.28. The molecule has 1 heterocycles. The van der Waals surface area contributed by atoms with Crippen LogP contribution in [0.3, 0.4) is 0 Å². The molecule has 2 rings (SSSR count). The van der Waals surface area contributed by atoms with Crippen LogP contribution < -0.4 is 5.32 Å². The lowest BCUT2D eigenvalue weighted by Crippen LogP contribution is -2.45. The highest BCUT2D eigenvalue weighted by molar-refractivity contribution is 7.09. The van der Waals surface area contributed by atoms with Crippen molar-refractivity contribution < 1.29 is 23.5 Å². The number of carbonyl (C=O) groups excluding carboxylic acids is 2. The van der Waals surface area contributed by atoms with Crippen LogP contribution in [0.2, 0.25) is 18.1 Å². The molecule has 0 bridgehead atoms. The van der Waals surface area contributed by atoms with Crippen LogP contribution in [0.4, 0.5) is 4.79 Å². The summed E-state index contributed by atoms with van der Waals surface area (Å²) in [4.78, 5) is 29.7. The second-order valence-corrected chi connectivity index (χ2v) is 16.3. The number of thiazole rings is 1. The average molecular weight is 507 g/mol. The summed E-state index contributed by atoms with van der Waals surface area (Å²) in [6.45, 7) is 18.3. The van der Waals surface area contributed by atoms with Crippen LogP contribution in [-0.2, 0) is 13.9 Å². The third-order valence-corrected chi connectivity index (χ3v) is 11.0. The fraction of sp³-hybridized carbons (Fsp3) is 0.560. The van der Waals surface area contributed by atoms with Crippen LogP contribution in [-0.4, -0.2) is 37.6 Å². The monoisotopic (exact) mass is 506 g/mol. The molecule has 34 heavy (non-hydrogen) atoms. The van der Waals surface area contributed by atoms with Crippen molar-refractivity contribution in [2.24, 2.45) is 0 Å². The first-order valence-electron chi connectivity index (χ1n) is 11.5. The Morgan fingerprint density at radius 3 is 2.24 bits per heavy atom. The van der Waals surface area contributed by atoms with Crippen molar-refractivity contribution in [2.45, 2.75) is 84.3 Å². The summed E-state index contributed by atoms with van der Waals surface area (Å²) < 4.78 is 17.5. The van der Waals surface area contributed by atoms with Crippen molar-refractivity contribution in [3.8, 4) is 0 Å². The van der Waals surface area contributed by atoms with E-state index in [0.29, 0.717) is 5.01 Å². The fourth-order valence-corrected chi connectivity index (χ4v) is 5.02. The molecule has 0 unspecified atom stereocenters. The summed E-state index contributed by atoms with van der Waals surface area (Å²) in [5, 5.41) is 5.11. The number of nitrogens with one attached hydrogen (secondary N) is 1. The van der Waals surface area contributed by atoms with Crippen LogP contribution >= 0.6 is 11.3 Å². The first-order valence-corrected chi connectivity index (χ1v) is 15.3. The molecule has 1 aromatic heterocycles. The first kappa shape index (κ1) is 28.0. The van der Waals surface area contributed by atoms with Crippen molar-refractivity contribution >= 4 is 31.7 Å². The zero-order valence-electron chi connectivity index (χ0n) is 21.7. The number of hydrogen-bond acceptors (Lipinski definition) is 7. The lowest BCUT2D eigenvalue weighted by atomic mass is 10.0. The van der Waals surface area contributed by atoms with E-state index in [9.17, 15) is 9.59 Å². The van der Waals surface area contributed by atoms with Gasteiger partial charge in [0, 0.05) is 5.38 Å². The Bertz CT molecular complexity index is 964. The quantitative estimate of drug-likeness (QED) is 0.319. The highest BCUT2D eigenvalue weighted by atomic mass is 32.1. The molecule has 0 fully saturated rings.